The molecule has 0 aromatic heterocycles. The summed E-state index contributed by atoms with van der Waals surface area (Å²) < 4.78 is 26.4. The zero-order valence-electron chi connectivity index (χ0n) is 23.9. The maximum Gasteiger partial charge on any atom is 0.224 e. The van der Waals surface area contributed by atoms with Crippen LogP contribution >= 0.6 is 0 Å². The van der Waals surface area contributed by atoms with E-state index in [1.54, 1.807) is 0 Å². The number of aliphatic hydroxyl groups excluding tert-OH is 15. The van der Waals surface area contributed by atoms with Crippen molar-refractivity contribution < 1.29 is 105 Å². The van der Waals surface area contributed by atoms with Crippen molar-refractivity contribution in [2.45, 2.75) is 117 Å². The number of hydrogen-bond acceptors (Lipinski definition) is 21. The molecule has 3 saturated heterocycles. The van der Waals surface area contributed by atoms with E-state index in [1.165, 1.54) is 6.92 Å². The van der Waals surface area contributed by atoms with Crippen LogP contribution in [0.1, 0.15) is 6.92 Å². The van der Waals surface area contributed by atoms with Crippen molar-refractivity contribution in [2.75, 3.05) is 26.4 Å². The van der Waals surface area contributed by atoms with Crippen LogP contribution in [-0.4, -0.2) is 219 Å². The van der Waals surface area contributed by atoms with Crippen molar-refractivity contribution in [3.05, 3.63) is 0 Å². The minimum atomic E-state index is -2.36. The van der Waals surface area contributed by atoms with Gasteiger partial charge in [0.05, 0.1) is 25.9 Å². The summed E-state index contributed by atoms with van der Waals surface area (Å²) in [5, 5.41) is 144. The van der Waals surface area contributed by atoms with Crippen LogP contribution in [0.3, 0.4) is 0 Å². The fourth-order valence-corrected chi connectivity index (χ4v) is 4.58. The summed E-state index contributed by atoms with van der Waals surface area (Å²) >= 11 is 0. The molecule has 21 heteroatoms. The van der Waals surface area contributed by atoms with Gasteiger partial charge in [0.2, 0.25) is 5.79 Å². The van der Waals surface area contributed by atoms with Crippen LogP contribution in [0.25, 0.3) is 0 Å². The Bertz CT molecular complexity index is 882. The van der Waals surface area contributed by atoms with Crippen LogP contribution in [0.5, 0.6) is 0 Å². The molecule has 0 aliphatic carbocycles. The van der Waals surface area contributed by atoms with Gasteiger partial charge < -0.3 is 105 Å². The van der Waals surface area contributed by atoms with E-state index in [1.807, 2.05) is 0 Å². The number of hydrogen-bond donors (Lipinski definition) is 15. The molecular weight excluding hydrogens is 624 g/mol. The van der Waals surface area contributed by atoms with E-state index in [-0.39, 0.29) is 6.29 Å². The fraction of sp³-hybridized carbons (Fsp3) is 0.958. The average molecular weight is 669 g/mol. The highest BCUT2D eigenvalue weighted by Crippen LogP contribution is 2.36. The Balaban J connectivity index is 0.000000547. The standard InChI is InChI=1S/C18H32O16.C6H12O5/c19-1-5-8(22)11(25)13(27)16(31-5)30-3-7-9(23)12(26)14(28)17(32-7)34-18(4-21)15(29)10(24)6(2-20)33-18;1-3(8)5(10)6(11)4(9)2-7/h5-17,19-29H,1-4H2;2-6,8-11H,1H3/t5-,6-,7-,8+,9-,10-,11+,12+,13-,14-,15+,16+,17-,18+;3-,4-,5-,6-/m10/s1. The molecule has 0 spiro atoms. The SMILES string of the molecule is C[C@H](O)[C@H](O)[C@@H](O)[C@@H](O)C=O.OC[C@H]1O[C@H](OC[C@H]2O[C@H](O[C@]3(CO)O[C@H](CO)[C@@H](O)[C@@H]3O)[C@H](O)[C@@H](O)[C@@H]2O)[C@H](O)[C@@H](O)[C@H]1O. The van der Waals surface area contributed by atoms with E-state index in [0.717, 1.165) is 0 Å². The van der Waals surface area contributed by atoms with Crippen LogP contribution < -0.4 is 0 Å². The van der Waals surface area contributed by atoms with Crippen molar-refractivity contribution in [1.29, 1.82) is 0 Å². The van der Waals surface area contributed by atoms with Crippen LogP contribution in [0.15, 0.2) is 0 Å². The zero-order chi connectivity index (χ0) is 34.4. The lowest BCUT2D eigenvalue weighted by atomic mass is 9.98. The first-order valence-corrected chi connectivity index (χ1v) is 13.7. The number of aliphatic hydroxyl groups is 15. The molecule has 0 unspecified atom stereocenters. The molecule has 3 fully saturated rings. The predicted molar refractivity (Wildman–Crippen MR) is 137 cm³/mol. The number of ether oxygens (including phenoxy) is 5. The first kappa shape index (κ1) is 40.0. The van der Waals surface area contributed by atoms with Gasteiger partial charge in [0.15, 0.2) is 18.9 Å². The van der Waals surface area contributed by atoms with Gasteiger partial charge in [-0.1, -0.05) is 0 Å². The lowest BCUT2D eigenvalue weighted by Crippen LogP contribution is -2.63. The van der Waals surface area contributed by atoms with Gasteiger partial charge in [0.25, 0.3) is 0 Å². The Morgan fingerprint density at radius 3 is 1.67 bits per heavy atom. The van der Waals surface area contributed by atoms with Gasteiger partial charge in [-0.2, -0.15) is 0 Å². The molecule has 18 atom stereocenters. The largest absolute Gasteiger partial charge is 0.394 e. The van der Waals surface area contributed by atoms with Gasteiger partial charge in [0, 0.05) is 0 Å². The van der Waals surface area contributed by atoms with E-state index in [2.05, 4.69) is 0 Å². The summed E-state index contributed by atoms with van der Waals surface area (Å²) in [5.41, 5.74) is 0. The third-order valence-corrected chi connectivity index (χ3v) is 7.50. The summed E-state index contributed by atoms with van der Waals surface area (Å²) in [6.45, 7) is -1.90. The van der Waals surface area contributed by atoms with Gasteiger partial charge >= 0.3 is 0 Å². The fourth-order valence-electron chi connectivity index (χ4n) is 4.58. The number of carbonyl (C=O) groups is 1. The highest BCUT2D eigenvalue weighted by molar-refractivity contribution is 5.56. The molecule has 3 heterocycles. The molecule has 3 rings (SSSR count). The van der Waals surface area contributed by atoms with E-state index in [9.17, 15) is 61.0 Å². The van der Waals surface area contributed by atoms with Gasteiger partial charge in [-0.25, -0.2) is 0 Å². The molecule has 0 amide bonds. The lowest BCUT2D eigenvalue weighted by molar-refractivity contribution is -0.388. The molecule has 45 heavy (non-hydrogen) atoms. The third-order valence-electron chi connectivity index (χ3n) is 7.50. The Morgan fingerprint density at radius 1 is 0.689 bits per heavy atom. The Hall–Kier alpha value is -1.13. The second-order valence-electron chi connectivity index (χ2n) is 10.8. The second-order valence-corrected chi connectivity index (χ2v) is 10.8. The zero-order valence-corrected chi connectivity index (χ0v) is 23.9. The van der Waals surface area contributed by atoms with Gasteiger partial charge in [-0.15, -0.1) is 0 Å². The van der Waals surface area contributed by atoms with E-state index in [0.29, 0.717) is 0 Å². The summed E-state index contributed by atoms with van der Waals surface area (Å²) in [6.07, 6.45) is -27.6. The highest BCUT2D eigenvalue weighted by Gasteiger charge is 2.58. The molecule has 0 radical (unpaired) electrons. The molecule has 0 bridgehead atoms. The summed E-state index contributed by atoms with van der Waals surface area (Å²) in [4.78, 5) is 9.87. The third kappa shape index (κ3) is 9.07. The van der Waals surface area contributed by atoms with Gasteiger partial charge in [-0.05, 0) is 6.92 Å². The van der Waals surface area contributed by atoms with Gasteiger partial charge in [-0.3, -0.25) is 0 Å². The first-order chi connectivity index (χ1) is 21.0. The van der Waals surface area contributed by atoms with Gasteiger partial charge in [0.1, 0.15) is 92.1 Å². The topological polar surface area (TPSA) is 367 Å². The Kier molecular flexibility index (Phi) is 15.4. The van der Waals surface area contributed by atoms with E-state index < -0.39 is 136 Å². The predicted octanol–water partition coefficient (Wildman–Crippen LogP) is -9.92. The molecule has 266 valence electrons. The molecule has 0 saturated carbocycles. The van der Waals surface area contributed by atoms with Crippen molar-refractivity contribution in [2.24, 2.45) is 0 Å². The first-order valence-electron chi connectivity index (χ1n) is 13.7. The monoisotopic (exact) mass is 668 g/mol. The number of aldehydes is 1. The second kappa shape index (κ2) is 17.3. The minimum Gasteiger partial charge on any atom is -0.394 e. The summed E-state index contributed by atoms with van der Waals surface area (Å²) in [5.74, 6) is -2.36. The Morgan fingerprint density at radius 2 is 1.20 bits per heavy atom. The van der Waals surface area contributed by atoms with Crippen molar-refractivity contribution in [3.8, 4) is 0 Å². The smallest absolute Gasteiger partial charge is 0.224 e. The minimum absolute atomic E-state index is 0.0935. The summed E-state index contributed by atoms with van der Waals surface area (Å²) in [6, 6.07) is 0. The van der Waals surface area contributed by atoms with Crippen LogP contribution in [-0.2, 0) is 28.5 Å². The maximum absolute atomic E-state index is 10.3. The molecule has 3 aliphatic heterocycles. The molecular formula is C24H44O21. The normalized spacial score (nSPS) is 44.8. The highest BCUT2D eigenvalue weighted by atomic mass is 16.8. The van der Waals surface area contributed by atoms with Crippen molar-refractivity contribution in [1.82, 2.24) is 0 Å². The number of carbonyl (C=O) groups excluding carboxylic acids is 1. The number of rotatable bonds is 12. The summed E-state index contributed by atoms with van der Waals surface area (Å²) in [7, 11) is 0. The maximum atomic E-state index is 10.3. The Labute approximate surface area is 255 Å². The molecule has 0 aromatic rings. The molecule has 21 nitrogen and oxygen atoms in total. The van der Waals surface area contributed by atoms with Crippen LogP contribution in [0.2, 0.25) is 0 Å². The molecule has 15 N–H and O–H groups in total. The van der Waals surface area contributed by atoms with Crippen molar-refractivity contribution >= 4 is 6.29 Å². The average Bonchev–Trinajstić information content (AvgIpc) is 3.27. The molecule has 0 aromatic carbocycles. The molecule has 3 aliphatic rings. The van der Waals surface area contributed by atoms with E-state index >= 15 is 0 Å². The lowest BCUT2D eigenvalue weighted by Gasteiger charge is -2.44. The quantitative estimate of drug-likeness (QED) is 0.0858. The van der Waals surface area contributed by atoms with Crippen molar-refractivity contribution in [3.63, 3.8) is 0 Å². The van der Waals surface area contributed by atoms with Crippen LogP contribution in [0.4, 0.5) is 0 Å². The van der Waals surface area contributed by atoms with Crippen LogP contribution in [0, 0.1) is 0 Å². The van der Waals surface area contributed by atoms with E-state index in [4.69, 9.17) is 44.1 Å².